The molecule has 0 atom stereocenters. The Morgan fingerprint density at radius 2 is 1.61 bits per heavy atom. The van der Waals surface area contributed by atoms with E-state index in [9.17, 15) is 26.0 Å². The molecule has 18 heavy (non-hydrogen) atoms. The van der Waals surface area contributed by atoms with Crippen LogP contribution in [0.15, 0.2) is 18.2 Å². The van der Waals surface area contributed by atoms with Crippen molar-refractivity contribution in [2.75, 3.05) is 0 Å². The van der Waals surface area contributed by atoms with Gasteiger partial charge in [-0.25, -0.2) is 8.78 Å². The molecule has 1 rings (SSSR count). The third-order valence-electron chi connectivity index (χ3n) is 2.19. The molecule has 0 radical (unpaired) electrons. The Hall–Kier alpha value is -1.31. The second-order valence-electron chi connectivity index (χ2n) is 3.62. The number of hydrogen-bond acceptors (Lipinski definition) is 3. The van der Waals surface area contributed by atoms with Crippen LogP contribution in [0.2, 0.25) is 0 Å². The van der Waals surface area contributed by atoms with Gasteiger partial charge in [0, 0.05) is 0 Å². The van der Waals surface area contributed by atoms with Crippen LogP contribution in [-0.2, 0) is 10.1 Å². The van der Waals surface area contributed by atoms with Gasteiger partial charge in [-0.3, -0.25) is 0 Å². The van der Waals surface area contributed by atoms with E-state index in [2.05, 4.69) is 4.18 Å². The zero-order valence-electron chi connectivity index (χ0n) is 9.45. The van der Waals surface area contributed by atoms with Gasteiger partial charge in [0.2, 0.25) is 0 Å². The zero-order chi connectivity index (χ0) is 14.1. The Balaban J connectivity index is 3.19. The summed E-state index contributed by atoms with van der Waals surface area (Å²) < 4.78 is 76.0. The first kappa shape index (κ1) is 14.7. The number of halogens is 4. The maximum absolute atomic E-state index is 12.8. The standard InChI is InChI=1S/C10H10F4O3S/c1-6-4-3-5-7(2)8(6)17-18(15,16)10(13,14)9(11)12/h3-5,9H,1-2H3. The van der Waals surface area contributed by atoms with Crippen molar-refractivity contribution in [1.82, 2.24) is 0 Å². The van der Waals surface area contributed by atoms with Gasteiger partial charge in [-0.05, 0) is 25.0 Å². The summed E-state index contributed by atoms with van der Waals surface area (Å²) in [6.45, 7) is 2.83. The van der Waals surface area contributed by atoms with Gasteiger partial charge in [0.15, 0.2) is 0 Å². The van der Waals surface area contributed by atoms with E-state index in [1.807, 2.05) is 0 Å². The maximum Gasteiger partial charge on any atom is 0.439 e. The van der Waals surface area contributed by atoms with Crippen LogP contribution in [0.3, 0.4) is 0 Å². The highest BCUT2D eigenvalue weighted by molar-refractivity contribution is 7.88. The second kappa shape index (κ2) is 4.75. The quantitative estimate of drug-likeness (QED) is 0.631. The minimum atomic E-state index is -5.74. The molecule has 0 bridgehead atoms. The predicted molar refractivity (Wildman–Crippen MR) is 56.4 cm³/mol. The Morgan fingerprint density at radius 1 is 1.17 bits per heavy atom. The van der Waals surface area contributed by atoms with Gasteiger partial charge < -0.3 is 4.18 Å². The normalized spacial score (nSPS) is 12.8. The van der Waals surface area contributed by atoms with Crippen LogP contribution in [-0.4, -0.2) is 20.1 Å². The van der Waals surface area contributed by atoms with Gasteiger partial charge in [-0.1, -0.05) is 18.2 Å². The van der Waals surface area contributed by atoms with E-state index in [-0.39, 0.29) is 16.9 Å². The van der Waals surface area contributed by atoms with Crippen LogP contribution in [0.1, 0.15) is 11.1 Å². The van der Waals surface area contributed by atoms with Crippen LogP contribution in [0.5, 0.6) is 5.75 Å². The lowest BCUT2D eigenvalue weighted by atomic mass is 10.1. The highest BCUT2D eigenvalue weighted by Crippen LogP contribution is 2.33. The van der Waals surface area contributed by atoms with E-state index in [4.69, 9.17) is 0 Å². The molecular weight excluding hydrogens is 276 g/mol. The summed E-state index contributed by atoms with van der Waals surface area (Å²) in [5.41, 5.74) is 0.507. The second-order valence-corrected chi connectivity index (χ2v) is 5.24. The van der Waals surface area contributed by atoms with Crippen molar-refractivity contribution >= 4 is 10.1 Å². The van der Waals surface area contributed by atoms with Crippen molar-refractivity contribution < 1.29 is 30.2 Å². The SMILES string of the molecule is Cc1cccc(C)c1OS(=O)(=O)C(F)(F)C(F)F. The molecule has 0 saturated carbocycles. The van der Waals surface area contributed by atoms with Gasteiger partial charge in [0.25, 0.3) is 0 Å². The molecule has 0 fully saturated rings. The topological polar surface area (TPSA) is 43.4 Å². The first-order valence-electron chi connectivity index (χ1n) is 4.76. The van der Waals surface area contributed by atoms with E-state index >= 15 is 0 Å². The Labute approximate surface area is 102 Å². The summed E-state index contributed by atoms with van der Waals surface area (Å²) >= 11 is 0. The molecule has 8 heteroatoms. The summed E-state index contributed by atoms with van der Waals surface area (Å²) in [6, 6.07) is 4.38. The molecule has 0 spiro atoms. The van der Waals surface area contributed by atoms with E-state index in [0.29, 0.717) is 0 Å². The third-order valence-corrected chi connectivity index (χ3v) is 3.42. The minimum Gasteiger partial charge on any atom is -0.377 e. The molecule has 3 nitrogen and oxygen atoms in total. The molecule has 102 valence electrons. The average molecular weight is 286 g/mol. The monoisotopic (exact) mass is 286 g/mol. The van der Waals surface area contributed by atoms with Gasteiger partial charge in [-0.15, -0.1) is 0 Å². The molecule has 0 N–H and O–H groups in total. The van der Waals surface area contributed by atoms with E-state index in [1.165, 1.54) is 26.0 Å². The van der Waals surface area contributed by atoms with Crippen LogP contribution in [0.4, 0.5) is 17.6 Å². The lowest BCUT2D eigenvalue weighted by Gasteiger charge is -2.17. The average Bonchev–Trinajstić information content (AvgIpc) is 2.23. The molecule has 1 aromatic carbocycles. The predicted octanol–water partition coefficient (Wildman–Crippen LogP) is 2.87. The summed E-state index contributed by atoms with van der Waals surface area (Å²) in [6.07, 6.45) is -4.35. The Kier molecular flexibility index (Phi) is 3.89. The van der Waals surface area contributed by atoms with Crippen LogP contribution in [0, 0.1) is 13.8 Å². The van der Waals surface area contributed by atoms with E-state index in [0.717, 1.165) is 0 Å². The molecular formula is C10H10F4O3S. The van der Waals surface area contributed by atoms with Crippen LogP contribution < -0.4 is 4.18 Å². The number of benzene rings is 1. The van der Waals surface area contributed by atoms with Gasteiger partial charge in [-0.2, -0.15) is 17.2 Å². The highest BCUT2D eigenvalue weighted by Gasteiger charge is 2.56. The maximum atomic E-state index is 12.8. The smallest absolute Gasteiger partial charge is 0.377 e. The molecule has 0 saturated heterocycles. The molecule has 0 amide bonds. The summed E-state index contributed by atoms with van der Waals surface area (Å²) in [5.74, 6) is -0.363. The lowest BCUT2D eigenvalue weighted by Crippen LogP contribution is -2.39. The molecule has 0 unspecified atom stereocenters. The zero-order valence-corrected chi connectivity index (χ0v) is 10.3. The van der Waals surface area contributed by atoms with E-state index in [1.54, 1.807) is 6.07 Å². The van der Waals surface area contributed by atoms with Gasteiger partial charge in [0.05, 0.1) is 0 Å². The third kappa shape index (κ3) is 2.58. The molecule has 0 aliphatic heterocycles. The largest absolute Gasteiger partial charge is 0.439 e. The minimum absolute atomic E-state index is 0.253. The van der Waals surface area contributed by atoms with Crippen molar-refractivity contribution in [2.45, 2.75) is 25.5 Å². The fourth-order valence-electron chi connectivity index (χ4n) is 1.20. The molecule has 0 aliphatic rings. The Morgan fingerprint density at radius 3 is 2.00 bits per heavy atom. The lowest BCUT2D eigenvalue weighted by molar-refractivity contribution is -0.0680. The number of hydrogen-bond donors (Lipinski definition) is 0. The molecule has 0 aliphatic carbocycles. The number of para-hydroxylation sites is 1. The highest BCUT2D eigenvalue weighted by atomic mass is 32.2. The van der Waals surface area contributed by atoms with Crippen LogP contribution in [0.25, 0.3) is 0 Å². The van der Waals surface area contributed by atoms with Crippen molar-refractivity contribution in [3.8, 4) is 5.75 Å². The number of alkyl halides is 4. The number of rotatable bonds is 4. The Bertz CT molecular complexity index is 520. The first-order chi connectivity index (χ1) is 8.09. The van der Waals surface area contributed by atoms with Crippen molar-refractivity contribution in [1.29, 1.82) is 0 Å². The van der Waals surface area contributed by atoms with Gasteiger partial charge >= 0.3 is 21.8 Å². The number of aryl methyl sites for hydroxylation is 2. The molecule has 0 heterocycles. The van der Waals surface area contributed by atoms with E-state index < -0.39 is 21.8 Å². The fraction of sp³-hybridized carbons (Fsp3) is 0.400. The first-order valence-corrected chi connectivity index (χ1v) is 6.16. The van der Waals surface area contributed by atoms with Crippen LogP contribution >= 0.6 is 0 Å². The summed E-state index contributed by atoms with van der Waals surface area (Å²) in [5, 5.41) is -5.25. The fourth-order valence-corrected chi connectivity index (χ4v) is 2.02. The summed E-state index contributed by atoms with van der Waals surface area (Å²) in [7, 11) is -5.74. The van der Waals surface area contributed by atoms with Crippen molar-refractivity contribution in [2.24, 2.45) is 0 Å². The summed E-state index contributed by atoms with van der Waals surface area (Å²) in [4.78, 5) is 0. The van der Waals surface area contributed by atoms with Crippen molar-refractivity contribution in [3.05, 3.63) is 29.3 Å². The van der Waals surface area contributed by atoms with Crippen molar-refractivity contribution in [3.63, 3.8) is 0 Å². The molecule has 0 aromatic heterocycles. The molecule has 1 aromatic rings. The van der Waals surface area contributed by atoms with Gasteiger partial charge in [0.1, 0.15) is 5.75 Å².